The number of carbonyl (C=O) groups excluding carboxylic acids is 1. The first-order chi connectivity index (χ1) is 13.4. The molecule has 2 heterocycles. The number of rotatable bonds is 4. The van der Waals surface area contributed by atoms with Crippen molar-refractivity contribution in [3.8, 4) is 5.75 Å². The molecule has 0 bridgehead atoms. The second-order valence-corrected chi connectivity index (χ2v) is 9.11. The lowest BCUT2D eigenvalue weighted by Gasteiger charge is -2.18. The lowest BCUT2D eigenvalue weighted by Crippen LogP contribution is -2.25. The Labute approximate surface area is 168 Å². The van der Waals surface area contributed by atoms with Crippen LogP contribution in [0.25, 0.3) is 6.08 Å². The highest BCUT2D eigenvalue weighted by Crippen LogP contribution is 2.31. The van der Waals surface area contributed by atoms with Crippen molar-refractivity contribution in [2.24, 2.45) is 0 Å². The summed E-state index contributed by atoms with van der Waals surface area (Å²) in [6.45, 7) is 1.11. The molecule has 0 radical (unpaired) electrons. The van der Waals surface area contributed by atoms with Gasteiger partial charge in [0.15, 0.2) is 0 Å². The molecule has 28 heavy (non-hydrogen) atoms. The highest BCUT2D eigenvalue weighted by atomic mass is 35.5. The fraction of sp³-hybridized carbons (Fsp3) is 0.250. The maximum atomic E-state index is 12.3. The van der Waals surface area contributed by atoms with Gasteiger partial charge in [-0.05, 0) is 54.0 Å². The van der Waals surface area contributed by atoms with Crippen LogP contribution in [0, 0.1) is 0 Å². The standard InChI is InChI=1S/C20H19ClN2O4S/c21-17-5-4-16(23-9-1-11-28(23,25)26)13-18(17)22-20(24)7-3-14-2-6-19-15(12-14)8-10-27-19/h2-7,12-13H,1,8-11H2,(H,22,24)/b7-3+. The smallest absolute Gasteiger partial charge is 0.248 e. The summed E-state index contributed by atoms with van der Waals surface area (Å²) in [5.74, 6) is 0.674. The summed E-state index contributed by atoms with van der Waals surface area (Å²) in [6.07, 6.45) is 4.59. The normalized spacial score (nSPS) is 17.5. The molecule has 1 N–H and O–H groups in total. The summed E-state index contributed by atoms with van der Waals surface area (Å²) in [4.78, 5) is 12.3. The van der Waals surface area contributed by atoms with Crippen LogP contribution in [-0.2, 0) is 21.2 Å². The van der Waals surface area contributed by atoms with Gasteiger partial charge < -0.3 is 10.1 Å². The Kier molecular flexibility index (Phi) is 5.03. The van der Waals surface area contributed by atoms with Crippen molar-refractivity contribution < 1.29 is 17.9 Å². The van der Waals surface area contributed by atoms with Crippen molar-refractivity contribution in [3.05, 3.63) is 58.6 Å². The van der Waals surface area contributed by atoms with E-state index >= 15 is 0 Å². The van der Waals surface area contributed by atoms with E-state index in [1.165, 1.54) is 10.4 Å². The highest BCUT2D eigenvalue weighted by Gasteiger charge is 2.28. The van der Waals surface area contributed by atoms with Crippen LogP contribution in [0.3, 0.4) is 0 Å². The molecular weight excluding hydrogens is 400 g/mol. The number of carbonyl (C=O) groups is 1. The zero-order chi connectivity index (χ0) is 19.7. The molecule has 2 aromatic carbocycles. The van der Waals surface area contributed by atoms with E-state index in [1.807, 2.05) is 18.2 Å². The summed E-state index contributed by atoms with van der Waals surface area (Å²) >= 11 is 6.18. The lowest BCUT2D eigenvalue weighted by atomic mass is 10.1. The van der Waals surface area contributed by atoms with Crippen LogP contribution >= 0.6 is 11.6 Å². The van der Waals surface area contributed by atoms with Gasteiger partial charge in [0.25, 0.3) is 0 Å². The summed E-state index contributed by atoms with van der Waals surface area (Å²) in [7, 11) is -3.30. The Morgan fingerprint density at radius 2 is 2.07 bits per heavy atom. The molecule has 8 heteroatoms. The Morgan fingerprint density at radius 3 is 2.86 bits per heavy atom. The molecule has 1 amide bonds. The SMILES string of the molecule is O=C(/C=C/c1ccc2c(c1)CCO2)Nc1cc(N2CCCS2(=O)=O)ccc1Cl. The van der Waals surface area contributed by atoms with E-state index in [-0.39, 0.29) is 11.7 Å². The van der Waals surface area contributed by atoms with Crippen molar-refractivity contribution in [2.45, 2.75) is 12.8 Å². The van der Waals surface area contributed by atoms with E-state index in [4.69, 9.17) is 16.3 Å². The van der Waals surface area contributed by atoms with Gasteiger partial charge in [0, 0.05) is 19.0 Å². The van der Waals surface area contributed by atoms with Crippen LogP contribution in [0.15, 0.2) is 42.5 Å². The van der Waals surface area contributed by atoms with Gasteiger partial charge in [-0.15, -0.1) is 0 Å². The minimum absolute atomic E-state index is 0.131. The number of ether oxygens (including phenoxy) is 1. The van der Waals surface area contributed by atoms with Gasteiger partial charge in [-0.1, -0.05) is 17.7 Å². The van der Waals surface area contributed by atoms with Gasteiger partial charge in [-0.25, -0.2) is 8.42 Å². The van der Waals surface area contributed by atoms with E-state index in [9.17, 15) is 13.2 Å². The van der Waals surface area contributed by atoms with Crippen molar-refractivity contribution in [3.63, 3.8) is 0 Å². The average Bonchev–Trinajstić information content (AvgIpc) is 3.27. The Bertz CT molecular complexity index is 1070. The van der Waals surface area contributed by atoms with Crippen molar-refractivity contribution in [2.75, 3.05) is 28.5 Å². The molecule has 1 fully saturated rings. The fourth-order valence-corrected chi connectivity index (χ4v) is 5.07. The molecular formula is C20H19ClN2O4S. The molecule has 0 atom stereocenters. The zero-order valence-corrected chi connectivity index (χ0v) is 16.6. The molecule has 2 aliphatic rings. The first kappa shape index (κ1) is 18.8. The van der Waals surface area contributed by atoms with Crippen LogP contribution in [0.4, 0.5) is 11.4 Å². The van der Waals surface area contributed by atoms with E-state index in [0.717, 1.165) is 23.3 Å². The predicted octanol–water partition coefficient (Wildman–Crippen LogP) is 3.47. The highest BCUT2D eigenvalue weighted by molar-refractivity contribution is 7.93. The summed E-state index contributed by atoms with van der Waals surface area (Å²) in [5.41, 5.74) is 2.91. The molecule has 2 aromatic rings. The molecule has 2 aliphatic heterocycles. The average molecular weight is 419 g/mol. The quantitative estimate of drug-likeness (QED) is 0.771. The molecule has 0 unspecified atom stereocenters. The number of sulfonamides is 1. The first-order valence-corrected chi connectivity index (χ1v) is 11.0. The van der Waals surface area contributed by atoms with Gasteiger partial charge in [-0.2, -0.15) is 0 Å². The number of halogens is 1. The third kappa shape index (κ3) is 3.86. The maximum Gasteiger partial charge on any atom is 0.248 e. The van der Waals surface area contributed by atoms with Crippen molar-refractivity contribution in [1.29, 1.82) is 0 Å². The van der Waals surface area contributed by atoms with Gasteiger partial charge in [0.2, 0.25) is 15.9 Å². The van der Waals surface area contributed by atoms with E-state index in [0.29, 0.717) is 36.0 Å². The number of hydrogen-bond donors (Lipinski definition) is 1. The zero-order valence-electron chi connectivity index (χ0n) is 15.0. The minimum Gasteiger partial charge on any atom is -0.493 e. The maximum absolute atomic E-state index is 12.3. The topological polar surface area (TPSA) is 75.7 Å². The van der Waals surface area contributed by atoms with Gasteiger partial charge in [0.05, 0.1) is 28.8 Å². The number of amides is 1. The molecule has 0 aromatic heterocycles. The predicted molar refractivity (Wildman–Crippen MR) is 111 cm³/mol. The van der Waals surface area contributed by atoms with Gasteiger partial charge >= 0.3 is 0 Å². The number of nitrogens with zero attached hydrogens (tertiary/aromatic N) is 1. The molecule has 6 nitrogen and oxygen atoms in total. The Hall–Kier alpha value is -2.51. The Balaban J connectivity index is 1.49. The fourth-order valence-electron chi connectivity index (χ4n) is 3.35. The minimum atomic E-state index is -3.30. The van der Waals surface area contributed by atoms with Crippen molar-refractivity contribution in [1.82, 2.24) is 0 Å². The van der Waals surface area contributed by atoms with Crippen LogP contribution in [0.5, 0.6) is 5.75 Å². The summed E-state index contributed by atoms with van der Waals surface area (Å²) in [6, 6.07) is 10.6. The lowest BCUT2D eigenvalue weighted by molar-refractivity contribution is -0.111. The third-order valence-corrected chi connectivity index (χ3v) is 6.93. The van der Waals surface area contributed by atoms with Gasteiger partial charge in [0.1, 0.15) is 5.75 Å². The van der Waals surface area contributed by atoms with E-state index in [2.05, 4.69) is 5.32 Å². The summed E-state index contributed by atoms with van der Waals surface area (Å²) < 4.78 is 31.0. The number of nitrogens with one attached hydrogen (secondary N) is 1. The molecule has 0 saturated carbocycles. The molecule has 4 rings (SSSR count). The van der Waals surface area contributed by atoms with E-state index < -0.39 is 10.0 Å². The number of hydrogen-bond acceptors (Lipinski definition) is 4. The third-order valence-electron chi connectivity index (χ3n) is 4.74. The van der Waals surface area contributed by atoms with Crippen molar-refractivity contribution >= 4 is 45.0 Å². The second-order valence-electron chi connectivity index (χ2n) is 6.69. The van der Waals surface area contributed by atoms with Gasteiger partial charge in [-0.3, -0.25) is 9.10 Å². The monoisotopic (exact) mass is 418 g/mol. The molecule has 1 saturated heterocycles. The van der Waals surface area contributed by atoms with Crippen LogP contribution in [-0.4, -0.2) is 33.2 Å². The molecule has 146 valence electrons. The first-order valence-electron chi connectivity index (χ1n) is 8.97. The Morgan fingerprint density at radius 1 is 1.21 bits per heavy atom. The number of benzene rings is 2. The number of fused-ring (bicyclic) bond motifs is 1. The summed E-state index contributed by atoms with van der Waals surface area (Å²) in [5, 5.41) is 3.06. The van der Waals surface area contributed by atoms with Crippen LogP contribution in [0.2, 0.25) is 5.02 Å². The largest absolute Gasteiger partial charge is 0.493 e. The van der Waals surface area contributed by atoms with E-state index in [1.54, 1.807) is 24.3 Å². The number of anilines is 2. The van der Waals surface area contributed by atoms with Crippen LogP contribution < -0.4 is 14.4 Å². The molecule has 0 spiro atoms. The molecule has 0 aliphatic carbocycles. The second kappa shape index (κ2) is 7.48. The van der Waals surface area contributed by atoms with Crippen LogP contribution in [0.1, 0.15) is 17.5 Å².